The Hall–Kier alpha value is -3.86. The first-order chi connectivity index (χ1) is 18.0. The van der Waals surface area contributed by atoms with Gasteiger partial charge in [-0.15, -0.1) is 0 Å². The fourth-order valence-electron chi connectivity index (χ4n) is 4.99. The molecule has 1 aliphatic rings. The number of ether oxygens (including phenoxy) is 1. The third-order valence-electron chi connectivity index (χ3n) is 7.33. The fraction of sp³-hybridized carbons (Fsp3) is 0.333. The van der Waals surface area contributed by atoms with Gasteiger partial charge in [0.1, 0.15) is 11.5 Å². The molecule has 1 atom stereocenters. The Morgan fingerprint density at radius 1 is 0.789 bits per heavy atom. The Labute approximate surface area is 225 Å². The summed E-state index contributed by atoms with van der Waals surface area (Å²) in [6.07, 6.45) is 0. The zero-order valence-corrected chi connectivity index (χ0v) is 23.3. The molecule has 0 spiro atoms. The molecule has 1 amide bonds. The summed E-state index contributed by atoms with van der Waals surface area (Å²) in [6.45, 7) is 12.5. The number of rotatable bonds is 7. The van der Waals surface area contributed by atoms with Gasteiger partial charge in [0.05, 0.1) is 18.7 Å². The summed E-state index contributed by atoms with van der Waals surface area (Å²) in [5.74, 6) is -0.0133. The molecule has 0 bridgehead atoms. The lowest BCUT2D eigenvalue weighted by Crippen LogP contribution is -2.29. The molecular formula is C33H37NO4. The van der Waals surface area contributed by atoms with Crippen molar-refractivity contribution in [2.45, 2.75) is 65.3 Å². The molecule has 0 aliphatic carbocycles. The highest BCUT2D eigenvalue weighted by atomic mass is 16.5. The summed E-state index contributed by atoms with van der Waals surface area (Å²) in [4.78, 5) is 28.6. The smallest absolute Gasteiger partial charge is 0.300 e. The monoisotopic (exact) mass is 511 g/mol. The lowest BCUT2D eigenvalue weighted by Gasteiger charge is -2.26. The Balaban J connectivity index is 1.92. The molecule has 3 aromatic rings. The molecule has 0 radical (unpaired) electrons. The normalized spacial score (nSPS) is 17.2. The lowest BCUT2D eigenvalue weighted by atomic mass is 9.91. The number of hydrogen-bond acceptors (Lipinski definition) is 4. The number of ketones is 1. The van der Waals surface area contributed by atoms with Gasteiger partial charge in [0.25, 0.3) is 11.7 Å². The van der Waals surface area contributed by atoms with Gasteiger partial charge in [0, 0.05) is 11.3 Å². The number of benzene rings is 3. The van der Waals surface area contributed by atoms with Crippen LogP contribution in [0.5, 0.6) is 5.75 Å². The molecule has 1 unspecified atom stereocenters. The average molecular weight is 512 g/mol. The van der Waals surface area contributed by atoms with E-state index in [2.05, 4.69) is 27.7 Å². The molecule has 0 saturated carbocycles. The third kappa shape index (κ3) is 4.98. The maximum Gasteiger partial charge on any atom is 0.300 e. The van der Waals surface area contributed by atoms with Gasteiger partial charge < -0.3 is 9.84 Å². The summed E-state index contributed by atoms with van der Waals surface area (Å²) in [7, 11) is 1.61. The zero-order chi connectivity index (χ0) is 27.7. The minimum atomic E-state index is -0.759. The summed E-state index contributed by atoms with van der Waals surface area (Å²) < 4.78 is 5.50. The minimum Gasteiger partial charge on any atom is -0.507 e. The Morgan fingerprint density at radius 3 is 1.84 bits per heavy atom. The number of hydrogen-bond donors (Lipinski definition) is 1. The van der Waals surface area contributed by atoms with Crippen LogP contribution >= 0.6 is 0 Å². The molecule has 1 N–H and O–H groups in total. The van der Waals surface area contributed by atoms with E-state index in [0.29, 0.717) is 28.8 Å². The van der Waals surface area contributed by atoms with Crippen molar-refractivity contribution in [1.82, 2.24) is 0 Å². The Bertz CT molecular complexity index is 1370. The molecule has 198 valence electrons. The van der Waals surface area contributed by atoms with E-state index in [-0.39, 0.29) is 17.3 Å². The van der Waals surface area contributed by atoms with Crippen molar-refractivity contribution in [2.24, 2.45) is 0 Å². The molecule has 4 rings (SSSR count). The first-order valence-electron chi connectivity index (χ1n) is 13.2. The number of carbonyl (C=O) groups excluding carboxylic acids is 2. The second-order valence-electron chi connectivity index (χ2n) is 10.8. The van der Waals surface area contributed by atoms with E-state index in [9.17, 15) is 14.7 Å². The second-order valence-corrected chi connectivity index (χ2v) is 10.8. The van der Waals surface area contributed by atoms with Crippen LogP contribution in [-0.2, 0) is 9.59 Å². The Kier molecular flexibility index (Phi) is 7.77. The van der Waals surface area contributed by atoms with Crippen molar-refractivity contribution in [3.05, 3.63) is 100 Å². The summed E-state index contributed by atoms with van der Waals surface area (Å²) in [5.41, 5.74) is 5.15. The van der Waals surface area contributed by atoms with Crippen LogP contribution in [0.25, 0.3) is 5.76 Å². The van der Waals surface area contributed by atoms with E-state index in [1.807, 2.05) is 68.4 Å². The van der Waals surface area contributed by atoms with E-state index < -0.39 is 17.7 Å². The molecular weight excluding hydrogens is 474 g/mol. The van der Waals surface area contributed by atoms with Crippen molar-refractivity contribution in [3.63, 3.8) is 0 Å². The van der Waals surface area contributed by atoms with Crippen LogP contribution in [0.4, 0.5) is 5.69 Å². The van der Waals surface area contributed by atoms with Crippen LogP contribution in [0.15, 0.2) is 72.3 Å². The fourth-order valence-corrected chi connectivity index (χ4v) is 4.99. The van der Waals surface area contributed by atoms with E-state index >= 15 is 0 Å². The van der Waals surface area contributed by atoms with Crippen molar-refractivity contribution in [2.75, 3.05) is 12.0 Å². The summed E-state index contributed by atoms with van der Waals surface area (Å²) in [6, 6.07) is 20.2. The number of anilines is 1. The molecule has 5 nitrogen and oxygen atoms in total. The number of nitrogens with zero attached hydrogens (tertiary/aromatic N) is 1. The van der Waals surface area contributed by atoms with E-state index in [1.54, 1.807) is 19.2 Å². The molecule has 1 saturated heterocycles. The van der Waals surface area contributed by atoms with Crippen molar-refractivity contribution in [1.29, 1.82) is 0 Å². The molecule has 38 heavy (non-hydrogen) atoms. The molecule has 0 aromatic heterocycles. The first kappa shape index (κ1) is 27.2. The summed E-state index contributed by atoms with van der Waals surface area (Å²) in [5, 5.41) is 11.6. The van der Waals surface area contributed by atoms with Crippen LogP contribution < -0.4 is 9.64 Å². The van der Waals surface area contributed by atoms with Gasteiger partial charge in [0.15, 0.2) is 0 Å². The third-order valence-corrected chi connectivity index (χ3v) is 7.33. The quantitative estimate of drug-likeness (QED) is 0.201. The first-order valence-corrected chi connectivity index (χ1v) is 13.2. The highest BCUT2D eigenvalue weighted by Crippen LogP contribution is 2.43. The molecule has 3 aromatic carbocycles. The van der Waals surface area contributed by atoms with Crippen molar-refractivity contribution >= 4 is 23.1 Å². The molecule has 1 heterocycles. The molecule has 1 aliphatic heterocycles. The van der Waals surface area contributed by atoms with E-state index in [1.165, 1.54) is 4.90 Å². The number of carbonyl (C=O) groups is 2. The average Bonchev–Trinajstić information content (AvgIpc) is 3.17. The highest BCUT2D eigenvalue weighted by molar-refractivity contribution is 6.51. The number of Topliss-reactive ketones (excluding diaryl/α,β-unsaturated/α-hetero) is 1. The van der Waals surface area contributed by atoms with Gasteiger partial charge in [-0.05, 0) is 70.3 Å². The van der Waals surface area contributed by atoms with Gasteiger partial charge in [0.2, 0.25) is 0 Å². The number of methoxy groups -OCH3 is 1. The van der Waals surface area contributed by atoms with Gasteiger partial charge >= 0.3 is 0 Å². The topological polar surface area (TPSA) is 66.8 Å². The SMILES string of the molecule is COc1ccc(/C(O)=C2/C(=O)C(=O)N(c3ccc(C(C)C)cc3)C2c2ccc(C(C)C)cc2)cc1C(C)C. The van der Waals surface area contributed by atoms with E-state index in [0.717, 1.165) is 22.3 Å². The van der Waals surface area contributed by atoms with Crippen LogP contribution in [-0.4, -0.2) is 23.9 Å². The van der Waals surface area contributed by atoms with Crippen LogP contribution in [0, 0.1) is 0 Å². The zero-order valence-electron chi connectivity index (χ0n) is 23.3. The van der Waals surface area contributed by atoms with Gasteiger partial charge in [-0.25, -0.2) is 0 Å². The van der Waals surface area contributed by atoms with Crippen LogP contribution in [0.2, 0.25) is 0 Å². The number of amides is 1. The number of aliphatic hydroxyl groups is 1. The van der Waals surface area contributed by atoms with Gasteiger partial charge in [-0.1, -0.05) is 77.9 Å². The maximum atomic E-state index is 13.5. The molecule has 5 heteroatoms. The largest absolute Gasteiger partial charge is 0.507 e. The highest BCUT2D eigenvalue weighted by Gasteiger charge is 2.47. The van der Waals surface area contributed by atoms with Crippen molar-refractivity contribution < 1.29 is 19.4 Å². The van der Waals surface area contributed by atoms with Gasteiger partial charge in [-0.3, -0.25) is 14.5 Å². The minimum absolute atomic E-state index is 0.0834. The van der Waals surface area contributed by atoms with Gasteiger partial charge in [-0.2, -0.15) is 0 Å². The Morgan fingerprint density at radius 2 is 1.34 bits per heavy atom. The summed E-state index contributed by atoms with van der Waals surface area (Å²) >= 11 is 0. The predicted octanol–water partition coefficient (Wildman–Crippen LogP) is 7.69. The maximum absolute atomic E-state index is 13.5. The van der Waals surface area contributed by atoms with Crippen LogP contribution in [0.3, 0.4) is 0 Å². The predicted molar refractivity (Wildman–Crippen MR) is 153 cm³/mol. The van der Waals surface area contributed by atoms with E-state index in [4.69, 9.17) is 4.74 Å². The van der Waals surface area contributed by atoms with Crippen molar-refractivity contribution in [3.8, 4) is 5.75 Å². The standard InChI is InChI=1S/C33H37NO4/c1-19(2)22-8-10-24(11-9-22)30-29(31(35)25-14-17-28(38-7)27(18-25)21(5)6)32(36)33(37)34(30)26-15-12-23(13-16-26)20(3)4/h8-21,30,35H,1-7H3/b31-29-. The second kappa shape index (κ2) is 10.9. The number of aliphatic hydroxyl groups excluding tert-OH is 1. The lowest BCUT2D eigenvalue weighted by molar-refractivity contribution is -0.132. The van der Waals surface area contributed by atoms with Crippen LogP contribution in [0.1, 0.15) is 93.2 Å². The molecule has 1 fully saturated rings.